The van der Waals surface area contributed by atoms with Crippen LogP contribution in [0, 0.1) is 112 Å². The summed E-state index contributed by atoms with van der Waals surface area (Å²) in [7, 11) is 1.00. The Hall–Kier alpha value is -5.42. The first-order chi connectivity index (χ1) is 59.0. The first-order valence-corrected chi connectivity index (χ1v) is 48.8. The minimum absolute atomic E-state index is 0. The number of hydrogen-bond donors (Lipinski definition) is 3. The van der Waals surface area contributed by atoms with Crippen LogP contribution in [0.1, 0.15) is 365 Å². The molecule has 3 N–H and O–H groups in total. The summed E-state index contributed by atoms with van der Waals surface area (Å²) in [5.74, 6) is -0.278. The number of amides is 2. The third kappa shape index (κ3) is 23.6. The summed E-state index contributed by atoms with van der Waals surface area (Å²) >= 11 is 12.4. The molecule has 16 atom stereocenters. The zero-order chi connectivity index (χ0) is 97.5. The van der Waals surface area contributed by atoms with Gasteiger partial charge < -0.3 is 40.4 Å². The number of esters is 3. The zero-order valence-corrected chi connectivity index (χ0v) is 89.6. The van der Waals surface area contributed by atoms with Gasteiger partial charge in [0.15, 0.2) is 23.1 Å². The summed E-state index contributed by atoms with van der Waals surface area (Å²) in [5, 5.41) is 27.9. The summed E-state index contributed by atoms with van der Waals surface area (Å²) in [6.07, 6.45) is 13.1. The Labute approximate surface area is 837 Å². The fraction of sp³-hybridized carbons (Fsp3) is 0.761. The van der Waals surface area contributed by atoms with E-state index in [2.05, 4.69) is 96.9 Å². The van der Waals surface area contributed by atoms with E-state index in [9.17, 15) is 43.5 Å². The molecular formula is C109H173BCl2N2NaO18. The monoisotopic (exact) mass is 1900 g/mol. The number of benzene rings is 2. The van der Waals surface area contributed by atoms with Crippen LogP contribution >= 0.6 is 23.2 Å². The van der Waals surface area contributed by atoms with E-state index in [1.165, 1.54) is 9.80 Å². The number of aliphatic hydroxyl groups is 2. The number of carboxylic acids is 1. The molecule has 10 aliphatic rings. The Kier molecular flexibility index (Phi) is 37.4. The van der Waals surface area contributed by atoms with Crippen molar-refractivity contribution < 1.29 is 119 Å². The second-order valence-corrected chi connectivity index (χ2v) is 49.9. The normalized spacial score (nSPS) is 31.1. The number of Topliss-reactive ketones (excluding diaryl/α,β-unsaturated/α-hetero) is 4. The molecule has 0 unspecified atom stereocenters. The van der Waals surface area contributed by atoms with E-state index in [1.54, 1.807) is 72.7 Å². The minimum atomic E-state index is -1.01. The van der Waals surface area contributed by atoms with Crippen LogP contribution in [0.25, 0.3) is 0 Å². The maximum Gasteiger partial charge on any atom is 1.00 e. The van der Waals surface area contributed by atoms with E-state index in [4.69, 9.17) is 57.1 Å². The van der Waals surface area contributed by atoms with Crippen molar-refractivity contribution in [3.63, 3.8) is 0 Å². The molecule has 3 radical (unpaired) electrons. The van der Waals surface area contributed by atoms with Gasteiger partial charge in [0, 0.05) is 58.3 Å². The van der Waals surface area contributed by atoms with Crippen molar-refractivity contribution in [2.24, 2.45) is 112 Å². The molecule has 2 amide bonds. The number of carbonyl (C=O) groups excluding carboxylic acids is 9. The van der Waals surface area contributed by atoms with Crippen LogP contribution in [0.2, 0.25) is 10.0 Å². The molecule has 133 heavy (non-hydrogen) atoms. The molecular weight excluding hydrogens is 1730 g/mol. The molecule has 8 saturated carbocycles. The van der Waals surface area contributed by atoms with E-state index in [-0.39, 0.29) is 216 Å². The molecule has 745 valence electrons. The Morgan fingerprint density at radius 2 is 0.782 bits per heavy atom. The summed E-state index contributed by atoms with van der Waals surface area (Å²) in [6, 6.07) is 14.6. The number of hydrogen-bond acceptors (Lipinski definition) is 17. The van der Waals surface area contributed by atoms with Gasteiger partial charge in [0.25, 0.3) is 0 Å². The second-order valence-electron chi connectivity index (χ2n) is 49.1. The third-order valence-corrected chi connectivity index (χ3v) is 34.3. The summed E-state index contributed by atoms with van der Waals surface area (Å²) < 4.78 is 28.8. The van der Waals surface area contributed by atoms with Crippen molar-refractivity contribution in [2.45, 2.75) is 399 Å². The van der Waals surface area contributed by atoms with Gasteiger partial charge in [0.05, 0.1) is 53.7 Å². The maximum absolute atomic E-state index is 15.2. The summed E-state index contributed by atoms with van der Waals surface area (Å²) in [6.45, 7) is 61.0. The average Bonchev–Trinajstić information content (AvgIpc) is 1.66. The predicted octanol–water partition coefficient (Wildman–Crippen LogP) is 22.0. The van der Waals surface area contributed by atoms with E-state index in [1.807, 2.05) is 86.6 Å². The van der Waals surface area contributed by atoms with Gasteiger partial charge in [-0.15, -0.1) is 0 Å². The van der Waals surface area contributed by atoms with Crippen LogP contribution in [0.5, 0.6) is 0 Å². The summed E-state index contributed by atoms with van der Waals surface area (Å²) in [5.41, 5.74) is -1.50. The first-order valence-electron chi connectivity index (χ1n) is 48.0. The van der Waals surface area contributed by atoms with Gasteiger partial charge in [-0.1, -0.05) is 159 Å². The van der Waals surface area contributed by atoms with Crippen LogP contribution in [0.4, 0.5) is 9.59 Å². The van der Waals surface area contributed by atoms with Gasteiger partial charge in [0.2, 0.25) is 0 Å². The number of fused-ring (bicyclic) bond motifs is 14. The molecule has 10 aliphatic carbocycles. The number of carboxylic acid groups (broad SMARTS) is 1. The molecule has 2 aromatic carbocycles. The maximum atomic E-state index is 15.2. The minimum Gasteiger partial charge on any atom is -1.00 e. The van der Waals surface area contributed by atoms with E-state index in [0.29, 0.717) is 46.6 Å². The van der Waals surface area contributed by atoms with Crippen LogP contribution in [0.15, 0.2) is 70.8 Å². The number of allylic oxidation sites excluding steroid dienone is 4. The number of nitrogens with zero attached hydrogens (tertiary/aromatic N) is 2. The topological polar surface area (TPSA) is 284 Å². The van der Waals surface area contributed by atoms with Gasteiger partial charge in [-0.2, -0.15) is 0 Å². The van der Waals surface area contributed by atoms with Crippen LogP contribution < -0.4 is 29.6 Å². The Morgan fingerprint density at radius 3 is 1.11 bits per heavy atom. The smallest absolute Gasteiger partial charge is 1.00 e. The fourth-order valence-electron chi connectivity index (χ4n) is 27.3. The Morgan fingerprint density at radius 1 is 0.451 bits per heavy atom. The van der Waals surface area contributed by atoms with Crippen LogP contribution in [-0.2, 0) is 75.1 Å². The zero-order valence-electron chi connectivity index (χ0n) is 87.1. The summed E-state index contributed by atoms with van der Waals surface area (Å²) in [4.78, 5) is 138. The standard InChI is InChI=1S/C53H78ClNO8.C43H62ClNO5.C10H18O4.CH4O.2CH4.B.Na.H2.H/c1-32(2)42-36(56)28-53(39(57)31-55(45(60)63-47(6,7)8)30-33-16-18-34(54)19-17-33)27-26-51(14)35(43(42)53)20-21-38-50(13)24-23-40(49(11,12)37(50)22-25-52(38,51)15)61-41(58)29-48(9,10)44(59)62-46(3,4)5;1-26(2)35-30(46)23-43(34(48)25-45(37(49)50-38(3,4)5)24-27-11-13-28(44)14-12-27)22-21-41(9)29(36(35)43)15-16-32-40(8)19-18-33(47)39(6,7)31(40)17-20-42(32,41)10;1-9(2,3)14-8(13)10(4,5)6-7(11)12;1-2;;;;;;/h16-19,32,35,37-38,40H,20-31H2,1-15H3;11-14,26,29,31-33,47H,15-25H2,1-10H3;6H2,1-5H3,(H,11,12);2H,1H3;2*1H4;;;1H;/q;;;;;;;+1;;-1/t35-,37+,38-,40+,50+,51-,52-,53+;29-,31+,32-,33+,40+,41-,42-,43+;;;;;;;;/m11......../s1. The molecule has 0 spiro atoms. The number of carbonyl (C=O) groups is 10. The molecule has 0 bridgehead atoms. The van der Waals surface area contributed by atoms with E-state index in [0.717, 1.165) is 130 Å². The second kappa shape index (κ2) is 42.2. The van der Waals surface area contributed by atoms with Crippen molar-refractivity contribution in [3.8, 4) is 0 Å². The molecule has 0 saturated heterocycles. The largest absolute Gasteiger partial charge is 1.00 e. The molecule has 0 aromatic heterocycles. The van der Waals surface area contributed by atoms with Crippen molar-refractivity contribution >= 4 is 90.8 Å². The molecule has 2 aromatic rings. The Balaban J connectivity index is 0.000000584. The molecule has 0 aliphatic heterocycles. The fourth-order valence-corrected chi connectivity index (χ4v) is 27.6. The molecule has 20 nitrogen and oxygen atoms in total. The third-order valence-electron chi connectivity index (χ3n) is 33.7. The van der Waals surface area contributed by atoms with Gasteiger partial charge in [-0.05, 0) is 356 Å². The number of aliphatic carboxylic acids is 1. The number of aliphatic hydroxyl groups excluding tert-OH is 2. The SMILES string of the molecule is C.C.CC(C)(C)OC(=O)C(C)(C)CC(=O)O.CC(C)C1=C2[C@H]3CC[C@@H]4[C@@]5(C)CC[C@H](O)C(C)(C)[C@@H]5CC[C@@]4(C)[C@]3(C)CC[C@@]2(C(=O)CN(Cc2ccc(Cl)cc2)C(=O)OC(C)(C)C)CC1=O.CC(C)C1=C2[C@H]3CC[C@@H]4[C@@]5(C)CC[C@H](OC(=O)CC(C)(C)C(=O)OC(C)(C)C)C(C)(C)[C@@H]5CC[C@@]4(C)[C@]3(C)CC[C@@]2(C(=O)CN(Cc2ccc(Cl)cc2)C(=O)OC(C)(C)C)CC1=O.CO.[B].[H-].[HH].[Na+]. The van der Waals surface area contributed by atoms with Gasteiger partial charge in [0.1, 0.15) is 28.5 Å². The first kappa shape index (κ1) is 118. The molecule has 12 rings (SSSR count). The quantitative estimate of drug-likeness (QED) is 0.0669. The number of ether oxygens (including phenoxy) is 5. The number of halogens is 2. The van der Waals surface area contributed by atoms with Crippen molar-refractivity contribution in [2.75, 3.05) is 20.2 Å². The Bertz CT molecular complexity index is 4630. The molecule has 0 heterocycles. The van der Waals surface area contributed by atoms with Gasteiger partial charge in [-0.25, -0.2) is 9.59 Å². The number of ketones is 4. The van der Waals surface area contributed by atoms with Gasteiger partial charge >= 0.3 is 65.6 Å². The number of rotatable bonds is 19. The van der Waals surface area contributed by atoms with Crippen molar-refractivity contribution in [1.29, 1.82) is 0 Å². The van der Waals surface area contributed by atoms with E-state index < -0.39 is 74.2 Å². The van der Waals surface area contributed by atoms with Gasteiger partial charge in [-0.3, -0.25) is 48.2 Å². The molecule has 8 fully saturated rings. The van der Waals surface area contributed by atoms with Crippen LogP contribution in [-0.4, -0.2) is 148 Å². The van der Waals surface area contributed by atoms with Crippen LogP contribution in [0.3, 0.4) is 0 Å². The average molecular weight is 1900 g/mol. The van der Waals surface area contributed by atoms with Crippen molar-refractivity contribution in [3.05, 3.63) is 92.0 Å². The van der Waals surface area contributed by atoms with E-state index >= 15 is 9.59 Å². The predicted molar refractivity (Wildman–Crippen MR) is 528 cm³/mol. The molecule has 24 heteroatoms. The van der Waals surface area contributed by atoms with Crippen molar-refractivity contribution in [1.82, 2.24) is 9.80 Å².